The summed E-state index contributed by atoms with van der Waals surface area (Å²) < 4.78 is 1.11. The molecule has 1 rings (SSSR count). The van der Waals surface area contributed by atoms with Crippen LogP contribution in [0.3, 0.4) is 0 Å². The molecule has 0 spiro atoms. The maximum absolute atomic E-state index is 10.7. The summed E-state index contributed by atoms with van der Waals surface area (Å²) in [5, 5.41) is 0. The van der Waals surface area contributed by atoms with Crippen LogP contribution in [0, 0.1) is 3.57 Å². The number of likely N-dealkylation sites (N-methyl/N-ethyl adjacent to an activating group) is 1. The van der Waals surface area contributed by atoms with E-state index in [9.17, 15) is 4.79 Å². The number of hydrogen-bond acceptors (Lipinski definition) is 2. The van der Waals surface area contributed by atoms with Gasteiger partial charge in [0.05, 0.1) is 12.2 Å². The molecule has 0 unspecified atom stereocenters. The molecule has 0 bridgehead atoms. The van der Waals surface area contributed by atoms with E-state index in [0.29, 0.717) is 0 Å². The fourth-order valence-electron chi connectivity index (χ4n) is 1.08. The van der Waals surface area contributed by atoms with Gasteiger partial charge in [-0.2, -0.15) is 0 Å². The Morgan fingerprint density at radius 3 is 2.69 bits per heavy atom. The van der Waals surface area contributed by atoms with Gasteiger partial charge in [0.25, 0.3) is 0 Å². The largest absolute Gasteiger partial charge is 0.368 e. The van der Waals surface area contributed by atoms with E-state index in [1.165, 1.54) is 0 Å². The molecule has 1 aromatic rings. The Labute approximate surface area is 91.0 Å². The average Bonchev–Trinajstić information content (AvgIpc) is 2.03. The fraction of sp³-hybridized carbons (Fsp3) is 0.222. The van der Waals surface area contributed by atoms with Crippen molar-refractivity contribution in [1.29, 1.82) is 0 Å². The van der Waals surface area contributed by atoms with Crippen molar-refractivity contribution < 1.29 is 4.79 Å². The smallest absolute Gasteiger partial charge is 0.236 e. The zero-order valence-corrected chi connectivity index (χ0v) is 9.48. The lowest BCUT2D eigenvalue weighted by atomic mass is 10.3. The van der Waals surface area contributed by atoms with Crippen molar-refractivity contribution in [2.24, 2.45) is 5.73 Å². The van der Waals surface area contributed by atoms with Crippen LogP contribution in [-0.4, -0.2) is 19.5 Å². The van der Waals surface area contributed by atoms with E-state index in [0.717, 1.165) is 9.26 Å². The Kier molecular flexibility index (Phi) is 3.53. The predicted molar refractivity (Wildman–Crippen MR) is 61.6 cm³/mol. The molecular weight excluding hydrogens is 279 g/mol. The first-order chi connectivity index (χ1) is 6.11. The molecule has 0 aromatic heterocycles. The van der Waals surface area contributed by atoms with Crippen molar-refractivity contribution in [2.75, 3.05) is 18.5 Å². The number of benzene rings is 1. The van der Waals surface area contributed by atoms with Crippen LogP contribution < -0.4 is 10.6 Å². The third-order valence-corrected chi connectivity index (χ3v) is 2.57. The van der Waals surface area contributed by atoms with E-state index in [1.807, 2.05) is 36.2 Å². The topological polar surface area (TPSA) is 46.3 Å². The molecule has 13 heavy (non-hydrogen) atoms. The minimum atomic E-state index is -0.317. The molecular formula is C9H11IN2O. The molecule has 0 fully saturated rings. The van der Waals surface area contributed by atoms with Crippen molar-refractivity contribution >= 4 is 34.2 Å². The molecule has 3 nitrogen and oxygen atoms in total. The van der Waals surface area contributed by atoms with Gasteiger partial charge in [0.1, 0.15) is 0 Å². The monoisotopic (exact) mass is 290 g/mol. The molecule has 0 aliphatic carbocycles. The molecule has 0 saturated carbocycles. The van der Waals surface area contributed by atoms with Gasteiger partial charge in [-0.25, -0.2) is 0 Å². The molecule has 0 aliphatic heterocycles. The Morgan fingerprint density at radius 1 is 1.54 bits per heavy atom. The lowest BCUT2D eigenvalue weighted by Gasteiger charge is -2.18. The molecule has 0 radical (unpaired) electrons. The van der Waals surface area contributed by atoms with E-state index in [4.69, 9.17) is 5.73 Å². The van der Waals surface area contributed by atoms with Gasteiger partial charge >= 0.3 is 0 Å². The second-order valence-corrected chi connectivity index (χ2v) is 3.94. The van der Waals surface area contributed by atoms with E-state index >= 15 is 0 Å². The highest BCUT2D eigenvalue weighted by atomic mass is 127. The van der Waals surface area contributed by atoms with Gasteiger partial charge in [-0.1, -0.05) is 12.1 Å². The van der Waals surface area contributed by atoms with E-state index in [-0.39, 0.29) is 12.5 Å². The van der Waals surface area contributed by atoms with Gasteiger partial charge in [-0.05, 0) is 34.7 Å². The third kappa shape index (κ3) is 2.87. The molecule has 4 heteroatoms. The molecule has 0 saturated heterocycles. The first-order valence-electron chi connectivity index (χ1n) is 3.85. The number of nitrogens with two attached hydrogens (primary N) is 1. The first kappa shape index (κ1) is 10.3. The quantitative estimate of drug-likeness (QED) is 0.851. The number of nitrogens with zero attached hydrogens (tertiary/aromatic N) is 1. The van der Waals surface area contributed by atoms with Gasteiger partial charge in [0.15, 0.2) is 0 Å². The fourth-order valence-corrected chi connectivity index (χ4v) is 1.88. The highest BCUT2D eigenvalue weighted by molar-refractivity contribution is 14.1. The van der Waals surface area contributed by atoms with Crippen LogP contribution in [-0.2, 0) is 4.79 Å². The summed E-state index contributed by atoms with van der Waals surface area (Å²) in [6.45, 7) is 0.250. The number of primary amides is 1. The normalized spacial score (nSPS) is 9.69. The summed E-state index contributed by atoms with van der Waals surface area (Å²) >= 11 is 2.23. The number of anilines is 1. The molecule has 1 aromatic carbocycles. The Bertz CT molecular complexity index is 314. The maximum atomic E-state index is 10.7. The number of halogens is 1. The molecule has 0 heterocycles. The Morgan fingerprint density at radius 2 is 2.15 bits per heavy atom. The van der Waals surface area contributed by atoms with Crippen molar-refractivity contribution in [2.45, 2.75) is 0 Å². The highest BCUT2D eigenvalue weighted by Gasteiger charge is 2.06. The first-order valence-corrected chi connectivity index (χ1v) is 4.93. The van der Waals surface area contributed by atoms with E-state index < -0.39 is 0 Å². The lowest BCUT2D eigenvalue weighted by Crippen LogP contribution is -2.30. The summed E-state index contributed by atoms with van der Waals surface area (Å²) in [6.07, 6.45) is 0. The summed E-state index contributed by atoms with van der Waals surface area (Å²) in [5.41, 5.74) is 6.13. The van der Waals surface area contributed by atoms with E-state index in [1.54, 1.807) is 0 Å². The summed E-state index contributed by atoms with van der Waals surface area (Å²) in [7, 11) is 1.85. The van der Waals surface area contributed by atoms with Crippen LogP contribution in [0.4, 0.5) is 5.69 Å². The number of carbonyl (C=O) groups excluding carboxylic acids is 1. The number of rotatable bonds is 3. The maximum Gasteiger partial charge on any atom is 0.236 e. The van der Waals surface area contributed by atoms with Crippen LogP contribution in [0.1, 0.15) is 0 Å². The summed E-state index contributed by atoms with van der Waals surface area (Å²) in [6, 6.07) is 7.86. The number of amides is 1. The van der Waals surface area contributed by atoms with Crippen molar-refractivity contribution in [3.63, 3.8) is 0 Å². The third-order valence-electron chi connectivity index (χ3n) is 1.66. The van der Waals surface area contributed by atoms with Crippen molar-refractivity contribution in [1.82, 2.24) is 0 Å². The molecule has 0 atom stereocenters. The standard InChI is InChI=1S/C9H11IN2O/c1-12(6-9(11)13)8-5-3-2-4-7(8)10/h2-5H,6H2,1H3,(H2,11,13). The van der Waals surface area contributed by atoms with Gasteiger partial charge in [-0.3, -0.25) is 4.79 Å². The lowest BCUT2D eigenvalue weighted by molar-refractivity contribution is -0.116. The second kappa shape index (κ2) is 4.45. The zero-order chi connectivity index (χ0) is 9.84. The molecule has 70 valence electrons. The van der Waals surface area contributed by atoms with Gasteiger partial charge in [0.2, 0.25) is 5.91 Å². The van der Waals surface area contributed by atoms with Crippen molar-refractivity contribution in [3.05, 3.63) is 27.8 Å². The molecule has 2 N–H and O–H groups in total. The summed E-state index contributed by atoms with van der Waals surface area (Å²) in [4.78, 5) is 12.5. The SMILES string of the molecule is CN(CC(N)=O)c1ccccc1I. The second-order valence-electron chi connectivity index (χ2n) is 2.77. The Hall–Kier alpha value is -0.780. The van der Waals surface area contributed by atoms with Crippen LogP contribution >= 0.6 is 22.6 Å². The van der Waals surface area contributed by atoms with Gasteiger partial charge in [-0.15, -0.1) is 0 Å². The summed E-state index contributed by atoms with van der Waals surface area (Å²) in [5.74, 6) is -0.317. The van der Waals surface area contributed by atoms with Gasteiger partial charge in [0, 0.05) is 10.6 Å². The minimum Gasteiger partial charge on any atom is -0.368 e. The minimum absolute atomic E-state index is 0.250. The highest BCUT2D eigenvalue weighted by Crippen LogP contribution is 2.20. The predicted octanol–water partition coefficient (Wildman–Crippen LogP) is 1.21. The number of hydrogen-bond donors (Lipinski definition) is 1. The van der Waals surface area contributed by atoms with Crippen LogP contribution in [0.5, 0.6) is 0 Å². The van der Waals surface area contributed by atoms with Crippen LogP contribution in [0.25, 0.3) is 0 Å². The Balaban J connectivity index is 2.82. The average molecular weight is 290 g/mol. The van der Waals surface area contributed by atoms with Crippen molar-refractivity contribution in [3.8, 4) is 0 Å². The van der Waals surface area contributed by atoms with Crippen LogP contribution in [0.15, 0.2) is 24.3 Å². The van der Waals surface area contributed by atoms with Crippen LogP contribution in [0.2, 0.25) is 0 Å². The molecule has 1 amide bonds. The van der Waals surface area contributed by atoms with E-state index in [2.05, 4.69) is 22.6 Å². The molecule has 0 aliphatic rings. The number of carbonyl (C=O) groups is 1. The number of para-hydroxylation sites is 1. The van der Waals surface area contributed by atoms with Gasteiger partial charge < -0.3 is 10.6 Å². The zero-order valence-electron chi connectivity index (χ0n) is 7.33.